The number of piperazine rings is 1. The molecule has 0 unspecified atom stereocenters. The lowest BCUT2D eigenvalue weighted by atomic mass is 10.2. The number of thiophene rings is 1. The first-order chi connectivity index (χ1) is 12.2. The van der Waals surface area contributed by atoms with E-state index < -0.39 is 0 Å². The number of rotatable bonds is 4. The maximum absolute atomic E-state index is 12.6. The van der Waals surface area contributed by atoms with Gasteiger partial charge in [0, 0.05) is 38.3 Å². The topological polar surface area (TPSA) is 75.6 Å². The van der Waals surface area contributed by atoms with Crippen LogP contribution in [0.1, 0.15) is 21.9 Å². The highest BCUT2D eigenvalue weighted by Crippen LogP contribution is 2.25. The lowest BCUT2D eigenvalue weighted by Crippen LogP contribution is -2.48. The van der Waals surface area contributed by atoms with E-state index in [1.54, 1.807) is 17.4 Å². The monoisotopic (exact) mass is 358 g/mol. The smallest absolute Gasteiger partial charge is 0.276 e. The highest BCUT2D eigenvalue weighted by atomic mass is 32.1. The van der Waals surface area contributed by atoms with E-state index in [1.807, 2.05) is 35.4 Å². The van der Waals surface area contributed by atoms with Crippen molar-refractivity contribution in [2.24, 2.45) is 0 Å². The molecule has 0 aliphatic carbocycles. The largest absolute Gasteiger partial charge is 0.360 e. The van der Waals surface area contributed by atoms with Gasteiger partial charge in [0.25, 0.3) is 5.91 Å². The summed E-state index contributed by atoms with van der Waals surface area (Å²) in [6, 6.07) is 7.56. The van der Waals surface area contributed by atoms with E-state index in [1.165, 1.54) is 0 Å². The second-order valence-electron chi connectivity index (χ2n) is 6.06. The molecule has 8 heteroatoms. The van der Waals surface area contributed by atoms with Crippen LogP contribution in [0.3, 0.4) is 0 Å². The number of aryl methyl sites for hydroxylation is 1. The summed E-state index contributed by atoms with van der Waals surface area (Å²) in [5, 5.41) is 9.81. The molecule has 3 aromatic heterocycles. The van der Waals surface area contributed by atoms with Crippen molar-refractivity contribution < 1.29 is 13.8 Å². The van der Waals surface area contributed by atoms with Crippen LogP contribution in [0.4, 0.5) is 0 Å². The van der Waals surface area contributed by atoms with Crippen LogP contribution in [0.5, 0.6) is 0 Å². The third-order valence-electron chi connectivity index (χ3n) is 4.21. The summed E-state index contributed by atoms with van der Waals surface area (Å²) in [6.45, 7) is 5.53. The molecule has 0 radical (unpaired) electrons. The van der Waals surface area contributed by atoms with Gasteiger partial charge in [0.1, 0.15) is 0 Å². The molecular weight excluding hydrogens is 340 g/mol. The predicted molar refractivity (Wildman–Crippen MR) is 92.2 cm³/mol. The Morgan fingerprint density at radius 1 is 1.20 bits per heavy atom. The SMILES string of the molecule is Cc1cc(CN2CCN(C(=O)c3cc(-c4cccs4)on3)CC2)on1. The van der Waals surface area contributed by atoms with Gasteiger partial charge in [0.2, 0.25) is 0 Å². The van der Waals surface area contributed by atoms with Gasteiger partial charge in [0.05, 0.1) is 17.1 Å². The van der Waals surface area contributed by atoms with E-state index in [0.717, 1.165) is 36.0 Å². The Bertz CT molecular complexity index is 847. The Kier molecular flexibility index (Phi) is 4.37. The van der Waals surface area contributed by atoms with E-state index in [2.05, 4.69) is 15.2 Å². The second-order valence-corrected chi connectivity index (χ2v) is 7.00. The summed E-state index contributed by atoms with van der Waals surface area (Å²) in [7, 11) is 0. The standard InChI is InChI=1S/C17H18N4O3S/c1-12-9-13(23-18-12)11-20-4-6-21(7-5-20)17(22)14-10-15(24-19-14)16-3-2-8-25-16/h2-3,8-10H,4-7,11H2,1H3. The van der Waals surface area contributed by atoms with Gasteiger partial charge in [-0.25, -0.2) is 0 Å². The number of carbonyl (C=O) groups excluding carboxylic acids is 1. The van der Waals surface area contributed by atoms with Crippen molar-refractivity contribution >= 4 is 17.2 Å². The summed E-state index contributed by atoms with van der Waals surface area (Å²) in [5.74, 6) is 1.41. The number of carbonyl (C=O) groups is 1. The average molecular weight is 358 g/mol. The van der Waals surface area contributed by atoms with Gasteiger partial charge in [-0.2, -0.15) is 0 Å². The molecule has 130 valence electrons. The van der Waals surface area contributed by atoms with E-state index in [-0.39, 0.29) is 5.91 Å². The zero-order valence-electron chi connectivity index (χ0n) is 13.8. The summed E-state index contributed by atoms with van der Waals surface area (Å²) in [6.07, 6.45) is 0. The maximum atomic E-state index is 12.6. The van der Waals surface area contributed by atoms with Crippen LogP contribution < -0.4 is 0 Å². The van der Waals surface area contributed by atoms with E-state index in [9.17, 15) is 4.79 Å². The van der Waals surface area contributed by atoms with Crippen LogP contribution >= 0.6 is 11.3 Å². The molecule has 4 rings (SSSR count). The molecular formula is C17H18N4O3S. The zero-order chi connectivity index (χ0) is 17.2. The average Bonchev–Trinajstić information content (AvgIpc) is 3.36. The number of aromatic nitrogens is 2. The molecule has 7 nitrogen and oxygen atoms in total. The number of hydrogen-bond acceptors (Lipinski definition) is 7. The molecule has 1 aliphatic heterocycles. The molecule has 0 atom stereocenters. The third-order valence-corrected chi connectivity index (χ3v) is 5.09. The fourth-order valence-electron chi connectivity index (χ4n) is 2.89. The van der Waals surface area contributed by atoms with Gasteiger partial charge >= 0.3 is 0 Å². The molecule has 25 heavy (non-hydrogen) atoms. The quantitative estimate of drug-likeness (QED) is 0.714. The molecule has 1 aliphatic rings. The summed E-state index contributed by atoms with van der Waals surface area (Å²) in [5.41, 5.74) is 1.25. The minimum atomic E-state index is -0.0817. The Balaban J connectivity index is 1.35. The van der Waals surface area contributed by atoms with E-state index >= 15 is 0 Å². The molecule has 0 N–H and O–H groups in total. The molecule has 1 saturated heterocycles. The number of nitrogens with zero attached hydrogens (tertiary/aromatic N) is 4. The van der Waals surface area contributed by atoms with Crippen LogP contribution in [0.25, 0.3) is 10.6 Å². The van der Waals surface area contributed by atoms with Crippen LogP contribution in [-0.4, -0.2) is 52.2 Å². The van der Waals surface area contributed by atoms with Crippen LogP contribution in [0, 0.1) is 6.92 Å². The molecule has 1 amide bonds. The Morgan fingerprint density at radius 2 is 2.04 bits per heavy atom. The van der Waals surface area contributed by atoms with Crippen LogP contribution in [0.2, 0.25) is 0 Å². The molecule has 0 bridgehead atoms. The van der Waals surface area contributed by atoms with Gasteiger partial charge < -0.3 is 13.9 Å². The Morgan fingerprint density at radius 3 is 2.72 bits per heavy atom. The second kappa shape index (κ2) is 6.81. The summed E-state index contributed by atoms with van der Waals surface area (Å²) < 4.78 is 10.6. The highest BCUT2D eigenvalue weighted by molar-refractivity contribution is 7.13. The Hall–Kier alpha value is -2.45. The van der Waals surface area contributed by atoms with E-state index in [0.29, 0.717) is 24.5 Å². The first kappa shape index (κ1) is 16.0. The van der Waals surface area contributed by atoms with Crippen molar-refractivity contribution in [3.05, 3.63) is 46.8 Å². The highest BCUT2D eigenvalue weighted by Gasteiger charge is 2.25. The molecule has 0 spiro atoms. The summed E-state index contributed by atoms with van der Waals surface area (Å²) >= 11 is 1.56. The third kappa shape index (κ3) is 3.49. The van der Waals surface area contributed by atoms with Crippen molar-refractivity contribution in [3.8, 4) is 10.6 Å². The first-order valence-electron chi connectivity index (χ1n) is 8.13. The first-order valence-corrected chi connectivity index (χ1v) is 9.01. The molecule has 0 aromatic carbocycles. The fraction of sp³-hybridized carbons (Fsp3) is 0.353. The predicted octanol–water partition coefficient (Wildman–Crippen LogP) is 2.66. The van der Waals surface area contributed by atoms with Gasteiger partial charge in [-0.1, -0.05) is 16.4 Å². The normalized spacial score (nSPS) is 15.6. The van der Waals surface area contributed by atoms with Crippen molar-refractivity contribution in [2.75, 3.05) is 26.2 Å². The molecule has 0 saturated carbocycles. The lowest BCUT2D eigenvalue weighted by Gasteiger charge is -2.33. The lowest BCUT2D eigenvalue weighted by molar-refractivity contribution is 0.0607. The van der Waals surface area contributed by atoms with Gasteiger partial charge in [-0.15, -0.1) is 11.3 Å². The van der Waals surface area contributed by atoms with Crippen molar-refractivity contribution in [3.63, 3.8) is 0 Å². The Labute approximate surface area is 148 Å². The minimum absolute atomic E-state index is 0.0817. The van der Waals surface area contributed by atoms with Crippen LogP contribution in [0.15, 0.2) is 38.7 Å². The minimum Gasteiger partial charge on any atom is -0.360 e. The van der Waals surface area contributed by atoms with Crippen molar-refractivity contribution in [2.45, 2.75) is 13.5 Å². The maximum Gasteiger partial charge on any atom is 0.276 e. The van der Waals surface area contributed by atoms with Gasteiger partial charge in [-0.05, 0) is 18.4 Å². The molecule has 3 aromatic rings. The van der Waals surface area contributed by atoms with Gasteiger partial charge in [-0.3, -0.25) is 9.69 Å². The van der Waals surface area contributed by atoms with Crippen molar-refractivity contribution in [1.29, 1.82) is 0 Å². The number of amides is 1. The fourth-order valence-corrected chi connectivity index (χ4v) is 3.57. The zero-order valence-corrected chi connectivity index (χ0v) is 14.7. The van der Waals surface area contributed by atoms with Crippen LogP contribution in [-0.2, 0) is 6.54 Å². The summed E-state index contributed by atoms with van der Waals surface area (Å²) in [4.78, 5) is 17.7. The van der Waals surface area contributed by atoms with Gasteiger partial charge in [0.15, 0.2) is 17.2 Å². The van der Waals surface area contributed by atoms with Crippen molar-refractivity contribution in [1.82, 2.24) is 20.1 Å². The molecule has 4 heterocycles. The molecule has 1 fully saturated rings. The number of hydrogen-bond donors (Lipinski definition) is 0. The van der Waals surface area contributed by atoms with E-state index in [4.69, 9.17) is 9.05 Å².